The summed E-state index contributed by atoms with van der Waals surface area (Å²) in [6, 6.07) is 12.7. The van der Waals surface area contributed by atoms with Gasteiger partial charge in [-0.25, -0.2) is 4.98 Å². The summed E-state index contributed by atoms with van der Waals surface area (Å²) in [6.45, 7) is 9.64. The second-order valence-corrected chi connectivity index (χ2v) is 9.12. The molecule has 2 saturated heterocycles. The third-order valence-electron chi connectivity index (χ3n) is 6.58. The number of anilines is 1. The lowest BCUT2D eigenvalue weighted by molar-refractivity contribution is 0.0986. The normalized spacial score (nSPS) is 22.5. The van der Waals surface area contributed by atoms with Crippen LogP contribution >= 0.6 is 0 Å². The molecule has 5 nitrogen and oxygen atoms in total. The molecule has 0 bridgehead atoms. The summed E-state index contributed by atoms with van der Waals surface area (Å²) in [6.07, 6.45) is 5.36. The van der Waals surface area contributed by atoms with Crippen molar-refractivity contribution in [1.82, 2.24) is 9.88 Å². The van der Waals surface area contributed by atoms with Gasteiger partial charge in [0, 0.05) is 37.8 Å². The molecule has 29 heavy (non-hydrogen) atoms. The molecule has 0 saturated carbocycles. The fraction of sp³-hybridized carbons (Fsp3) is 0.500. The van der Waals surface area contributed by atoms with Crippen molar-refractivity contribution in [2.45, 2.75) is 45.6 Å². The Morgan fingerprint density at radius 2 is 1.93 bits per heavy atom. The number of nitrogens with zero attached hydrogens (tertiary/aromatic N) is 3. The molecule has 0 radical (unpaired) electrons. The first-order valence-corrected chi connectivity index (χ1v) is 10.8. The van der Waals surface area contributed by atoms with Crippen molar-refractivity contribution >= 4 is 11.7 Å². The maximum absolute atomic E-state index is 11.8. The number of hydrogen-bond donors (Lipinski definition) is 1. The molecular formula is C24H32N4O. The van der Waals surface area contributed by atoms with Crippen LogP contribution in [0.1, 0.15) is 60.5 Å². The van der Waals surface area contributed by atoms with Gasteiger partial charge in [-0.3, -0.25) is 9.69 Å². The summed E-state index contributed by atoms with van der Waals surface area (Å²) in [5.74, 6) is 0.922. The lowest BCUT2D eigenvalue weighted by Gasteiger charge is -2.40. The molecule has 1 spiro atoms. The van der Waals surface area contributed by atoms with Gasteiger partial charge < -0.3 is 10.6 Å². The summed E-state index contributed by atoms with van der Waals surface area (Å²) in [7, 11) is 0. The first-order chi connectivity index (χ1) is 14.0. The molecule has 5 heteroatoms. The van der Waals surface area contributed by atoms with E-state index in [9.17, 15) is 4.79 Å². The molecule has 2 aliphatic heterocycles. The van der Waals surface area contributed by atoms with Crippen LogP contribution in [0.2, 0.25) is 0 Å². The zero-order chi connectivity index (χ0) is 20.4. The summed E-state index contributed by atoms with van der Waals surface area (Å²) in [5, 5.41) is 0. The Labute approximate surface area is 173 Å². The number of hydrogen-bond acceptors (Lipinski definition) is 4. The number of benzene rings is 1. The predicted molar refractivity (Wildman–Crippen MR) is 117 cm³/mol. The lowest BCUT2D eigenvalue weighted by Crippen LogP contribution is -2.44. The van der Waals surface area contributed by atoms with E-state index in [1.54, 1.807) is 18.3 Å². The largest absolute Gasteiger partial charge is 0.365 e. The number of amides is 1. The van der Waals surface area contributed by atoms with Gasteiger partial charge in [-0.2, -0.15) is 0 Å². The van der Waals surface area contributed by atoms with Crippen LogP contribution in [-0.2, 0) is 6.54 Å². The summed E-state index contributed by atoms with van der Waals surface area (Å²) in [4.78, 5) is 21.2. The molecule has 2 aromatic rings. The minimum atomic E-state index is -0.399. The summed E-state index contributed by atoms with van der Waals surface area (Å²) >= 11 is 0. The minimum Gasteiger partial charge on any atom is -0.365 e. The number of rotatable bonds is 5. The molecule has 4 rings (SSSR count). The number of likely N-dealkylation sites (tertiary alicyclic amines) is 1. The maximum Gasteiger partial charge on any atom is 0.252 e. The Kier molecular flexibility index (Phi) is 5.59. The van der Waals surface area contributed by atoms with Crippen molar-refractivity contribution in [3.05, 3.63) is 59.3 Å². The van der Waals surface area contributed by atoms with Crippen LogP contribution in [0, 0.1) is 5.41 Å². The third kappa shape index (κ3) is 4.30. The number of primary amides is 1. The van der Waals surface area contributed by atoms with E-state index in [4.69, 9.17) is 5.73 Å². The van der Waals surface area contributed by atoms with E-state index in [0.717, 1.165) is 45.0 Å². The van der Waals surface area contributed by atoms with E-state index in [2.05, 4.69) is 52.9 Å². The first-order valence-electron chi connectivity index (χ1n) is 10.8. The summed E-state index contributed by atoms with van der Waals surface area (Å²) in [5.41, 5.74) is 9.18. The van der Waals surface area contributed by atoms with E-state index in [0.29, 0.717) is 11.5 Å². The Hall–Kier alpha value is -2.40. The highest BCUT2D eigenvalue weighted by Crippen LogP contribution is 2.41. The molecule has 1 aromatic heterocycles. The van der Waals surface area contributed by atoms with Crippen molar-refractivity contribution in [3.63, 3.8) is 0 Å². The number of carbonyl (C=O) groups is 1. The monoisotopic (exact) mass is 392 g/mol. The van der Waals surface area contributed by atoms with Crippen molar-refractivity contribution in [3.8, 4) is 0 Å². The SMILES string of the molecule is CC(C)c1ccc(CN2CCC[C@@]3(CCN(c4ncccc4C(N)=O)C3)C2)cc1. The third-order valence-corrected chi connectivity index (χ3v) is 6.58. The topological polar surface area (TPSA) is 62.5 Å². The molecule has 154 valence electrons. The maximum atomic E-state index is 11.8. The molecular weight excluding hydrogens is 360 g/mol. The Balaban J connectivity index is 1.44. The average molecular weight is 393 g/mol. The quantitative estimate of drug-likeness (QED) is 0.841. The van der Waals surface area contributed by atoms with Gasteiger partial charge in [-0.1, -0.05) is 38.1 Å². The van der Waals surface area contributed by atoms with Gasteiger partial charge in [-0.05, 0) is 55.0 Å². The van der Waals surface area contributed by atoms with Gasteiger partial charge >= 0.3 is 0 Å². The van der Waals surface area contributed by atoms with Gasteiger partial charge in [0.05, 0.1) is 5.56 Å². The second kappa shape index (κ2) is 8.15. The van der Waals surface area contributed by atoms with Crippen molar-refractivity contribution in [2.75, 3.05) is 31.1 Å². The number of carbonyl (C=O) groups excluding carboxylic acids is 1. The van der Waals surface area contributed by atoms with E-state index in [1.807, 2.05) is 0 Å². The van der Waals surface area contributed by atoms with Crippen LogP contribution in [0.3, 0.4) is 0 Å². The molecule has 3 heterocycles. The smallest absolute Gasteiger partial charge is 0.252 e. The molecule has 1 amide bonds. The highest BCUT2D eigenvalue weighted by atomic mass is 16.1. The first kappa shape index (κ1) is 19.9. The van der Waals surface area contributed by atoms with Gasteiger partial charge in [0.25, 0.3) is 5.91 Å². The summed E-state index contributed by atoms with van der Waals surface area (Å²) < 4.78 is 0. The fourth-order valence-electron chi connectivity index (χ4n) is 5.00. The molecule has 2 N–H and O–H groups in total. The lowest BCUT2D eigenvalue weighted by atomic mass is 9.79. The molecule has 2 fully saturated rings. The van der Waals surface area contributed by atoms with E-state index in [-0.39, 0.29) is 5.41 Å². The van der Waals surface area contributed by atoms with Gasteiger partial charge in [0.2, 0.25) is 0 Å². The highest BCUT2D eigenvalue weighted by Gasteiger charge is 2.42. The molecule has 0 unspecified atom stereocenters. The Bertz CT molecular complexity index is 863. The van der Waals surface area contributed by atoms with Crippen LogP contribution in [0.5, 0.6) is 0 Å². The molecule has 1 aromatic carbocycles. The van der Waals surface area contributed by atoms with Gasteiger partial charge in [0.15, 0.2) is 0 Å². The number of aromatic nitrogens is 1. The van der Waals surface area contributed by atoms with Crippen molar-refractivity contribution in [1.29, 1.82) is 0 Å². The number of nitrogens with two attached hydrogens (primary N) is 1. The molecule has 1 atom stereocenters. The van der Waals surface area contributed by atoms with Crippen LogP contribution in [0.4, 0.5) is 5.82 Å². The minimum absolute atomic E-state index is 0.280. The Morgan fingerprint density at radius 3 is 2.66 bits per heavy atom. The highest BCUT2D eigenvalue weighted by molar-refractivity contribution is 5.97. The zero-order valence-electron chi connectivity index (χ0n) is 17.6. The van der Waals surface area contributed by atoms with Crippen LogP contribution < -0.4 is 10.6 Å². The van der Waals surface area contributed by atoms with E-state index in [1.165, 1.54) is 24.0 Å². The van der Waals surface area contributed by atoms with E-state index >= 15 is 0 Å². The van der Waals surface area contributed by atoms with Gasteiger partial charge in [0.1, 0.15) is 5.82 Å². The molecule has 0 aliphatic carbocycles. The average Bonchev–Trinajstić information content (AvgIpc) is 3.11. The predicted octanol–water partition coefficient (Wildman–Crippen LogP) is 3.80. The second-order valence-electron chi connectivity index (χ2n) is 9.12. The fourth-order valence-corrected chi connectivity index (χ4v) is 5.00. The van der Waals surface area contributed by atoms with Crippen LogP contribution in [0.25, 0.3) is 0 Å². The van der Waals surface area contributed by atoms with E-state index < -0.39 is 5.91 Å². The Morgan fingerprint density at radius 1 is 1.14 bits per heavy atom. The van der Waals surface area contributed by atoms with Crippen molar-refractivity contribution < 1.29 is 4.79 Å². The van der Waals surface area contributed by atoms with Crippen molar-refractivity contribution in [2.24, 2.45) is 11.1 Å². The van der Waals surface area contributed by atoms with Crippen LogP contribution in [-0.4, -0.2) is 42.0 Å². The number of piperidine rings is 1. The van der Waals surface area contributed by atoms with Crippen LogP contribution in [0.15, 0.2) is 42.6 Å². The standard InChI is InChI=1S/C24H32N4O/c1-18(2)20-8-6-19(7-9-20)15-27-13-4-10-24(16-27)11-14-28(17-24)23-21(22(25)29)5-3-12-26-23/h3,5-9,12,18H,4,10-11,13-17H2,1-2H3,(H2,25,29)/t24-/m1/s1. The zero-order valence-corrected chi connectivity index (χ0v) is 17.6. The van der Waals surface area contributed by atoms with Gasteiger partial charge in [-0.15, -0.1) is 0 Å². The molecule has 2 aliphatic rings. The number of pyridine rings is 1.